The van der Waals surface area contributed by atoms with Gasteiger partial charge in [-0.25, -0.2) is 14.6 Å². The first-order valence-corrected chi connectivity index (χ1v) is 4.74. The summed E-state index contributed by atoms with van der Waals surface area (Å²) in [5.74, 6) is -0.694. The smallest absolute Gasteiger partial charge is 0.328 e. The van der Waals surface area contributed by atoms with Crippen LogP contribution < -0.4 is 10.6 Å². The summed E-state index contributed by atoms with van der Waals surface area (Å²) in [6.45, 7) is 0.0240. The molecule has 1 heterocycles. The molecule has 2 amide bonds. The number of H-pyrrole nitrogens is 1. The van der Waals surface area contributed by atoms with E-state index in [1.54, 1.807) is 0 Å². The molecule has 0 fully saturated rings. The molecule has 94 valence electrons. The van der Waals surface area contributed by atoms with E-state index in [0.717, 1.165) is 0 Å². The maximum atomic E-state index is 11.3. The highest BCUT2D eigenvalue weighted by Crippen LogP contribution is 1.87. The average molecular weight is 243 g/mol. The molecule has 0 radical (unpaired) electrons. The van der Waals surface area contributed by atoms with Crippen LogP contribution in [0.15, 0.2) is 6.33 Å². The average Bonchev–Trinajstić information content (AvgIpc) is 2.78. The Morgan fingerprint density at radius 1 is 1.65 bits per heavy atom. The molecule has 0 aliphatic heterocycles. The topological polar surface area (TPSA) is 129 Å². The lowest BCUT2D eigenvalue weighted by Crippen LogP contribution is -2.48. The van der Waals surface area contributed by atoms with Crippen LogP contribution in [0, 0.1) is 0 Å². The second-order valence-electron chi connectivity index (χ2n) is 3.11. The number of rotatable bonds is 6. The van der Waals surface area contributed by atoms with Crippen LogP contribution >= 0.6 is 0 Å². The van der Waals surface area contributed by atoms with Gasteiger partial charge in [-0.1, -0.05) is 0 Å². The van der Waals surface area contributed by atoms with Crippen LogP contribution in [-0.4, -0.2) is 52.0 Å². The Balaban J connectivity index is 2.34. The van der Waals surface area contributed by atoms with Crippen molar-refractivity contribution in [1.29, 1.82) is 0 Å². The van der Waals surface area contributed by atoms with Crippen LogP contribution in [0.3, 0.4) is 0 Å². The Kier molecular flexibility index (Phi) is 4.88. The van der Waals surface area contributed by atoms with E-state index in [1.807, 2.05) is 0 Å². The van der Waals surface area contributed by atoms with E-state index in [2.05, 4.69) is 30.6 Å². The SMILES string of the molecule is COCC(NC(=O)NCc1ncn[nH]1)C(=O)O. The number of aromatic amines is 1. The van der Waals surface area contributed by atoms with E-state index in [4.69, 9.17) is 5.11 Å². The van der Waals surface area contributed by atoms with Crippen LogP contribution in [0.25, 0.3) is 0 Å². The van der Waals surface area contributed by atoms with Crippen molar-refractivity contribution in [2.75, 3.05) is 13.7 Å². The number of aliphatic carboxylic acids is 1. The summed E-state index contributed by atoms with van der Waals surface area (Å²) in [4.78, 5) is 25.8. The molecule has 0 aromatic carbocycles. The Morgan fingerprint density at radius 3 is 2.94 bits per heavy atom. The first kappa shape index (κ1) is 12.9. The maximum Gasteiger partial charge on any atom is 0.328 e. The van der Waals surface area contributed by atoms with Crippen LogP contribution in [0.5, 0.6) is 0 Å². The van der Waals surface area contributed by atoms with Crippen molar-refractivity contribution in [3.05, 3.63) is 12.2 Å². The fourth-order valence-corrected chi connectivity index (χ4v) is 1.03. The number of nitrogens with one attached hydrogen (secondary N) is 3. The van der Waals surface area contributed by atoms with Gasteiger partial charge in [0.1, 0.15) is 12.2 Å². The van der Waals surface area contributed by atoms with Crippen LogP contribution in [0.2, 0.25) is 0 Å². The quantitative estimate of drug-likeness (QED) is 0.491. The van der Waals surface area contributed by atoms with Crippen LogP contribution in [0.1, 0.15) is 5.82 Å². The van der Waals surface area contributed by atoms with E-state index in [0.29, 0.717) is 5.82 Å². The van der Waals surface area contributed by atoms with E-state index in [9.17, 15) is 9.59 Å². The molecule has 0 bridgehead atoms. The minimum absolute atomic E-state index is 0.106. The highest BCUT2D eigenvalue weighted by Gasteiger charge is 2.19. The van der Waals surface area contributed by atoms with E-state index >= 15 is 0 Å². The summed E-state index contributed by atoms with van der Waals surface area (Å²) in [7, 11) is 1.35. The Bertz CT molecular complexity index is 366. The van der Waals surface area contributed by atoms with Crippen LogP contribution in [0.4, 0.5) is 4.79 Å². The molecule has 1 aromatic heterocycles. The molecular weight excluding hydrogens is 230 g/mol. The molecule has 9 nitrogen and oxygen atoms in total. The number of hydrogen-bond donors (Lipinski definition) is 4. The molecule has 1 atom stereocenters. The predicted octanol–water partition coefficient (Wildman–Crippen LogP) is -1.30. The Morgan fingerprint density at radius 2 is 2.41 bits per heavy atom. The standard InChI is InChI=1S/C8H13N5O4/c1-17-3-5(7(14)15)12-8(16)9-2-6-10-4-11-13-6/h4-5H,2-3H2,1H3,(H,14,15)(H2,9,12,16)(H,10,11,13). The zero-order valence-electron chi connectivity index (χ0n) is 9.14. The molecular formula is C8H13N5O4. The third-order valence-electron chi connectivity index (χ3n) is 1.82. The number of urea groups is 1. The van der Waals surface area contributed by atoms with Gasteiger partial charge in [-0.15, -0.1) is 0 Å². The van der Waals surface area contributed by atoms with Crippen molar-refractivity contribution in [3.63, 3.8) is 0 Å². The van der Waals surface area contributed by atoms with Gasteiger partial charge in [0.15, 0.2) is 6.04 Å². The lowest BCUT2D eigenvalue weighted by Gasteiger charge is -2.13. The highest BCUT2D eigenvalue weighted by molar-refractivity contribution is 5.82. The molecule has 0 saturated carbocycles. The maximum absolute atomic E-state index is 11.3. The lowest BCUT2D eigenvalue weighted by molar-refractivity contribution is -0.140. The number of carboxylic acid groups (broad SMARTS) is 1. The van der Waals surface area contributed by atoms with Gasteiger partial charge in [0.25, 0.3) is 0 Å². The van der Waals surface area contributed by atoms with E-state index in [-0.39, 0.29) is 13.2 Å². The lowest BCUT2D eigenvalue weighted by atomic mass is 10.3. The zero-order chi connectivity index (χ0) is 12.7. The van der Waals surface area contributed by atoms with Crippen molar-refractivity contribution < 1.29 is 19.4 Å². The largest absolute Gasteiger partial charge is 0.480 e. The summed E-state index contributed by atoms with van der Waals surface area (Å²) < 4.78 is 4.66. The first-order valence-electron chi connectivity index (χ1n) is 4.74. The number of ether oxygens (including phenoxy) is 1. The number of hydrogen-bond acceptors (Lipinski definition) is 5. The molecule has 0 saturated heterocycles. The third kappa shape index (κ3) is 4.47. The molecule has 1 aromatic rings. The summed E-state index contributed by atoms with van der Waals surface area (Å²) >= 11 is 0. The third-order valence-corrected chi connectivity index (χ3v) is 1.82. The minimum Gasteiger partial charge on any atom is -0.480 e. The molecule has 17 heavy (non-hydrogen) atoms. The molecule has 0 spiro atoms. The number of carboxylic acids is 1. The number of methoxy groups -OCH3 is 1. The van der Waals surface area contributed by atoms with Gasteiger partial charge >= 0.3 is 12.0 Å². The van der Waals surface area contributed by atoms with Crippen molar-refractivity contribution in [2.45, 2.75) is 12.6 Å². The Labute approximate surface area is 96.6 Å². The highest BCUT2D eigenvalue weighted by atomic mass is 16.5. The normalized spacial score (nSPS) is 11.8. The first-order chi connectivity index (χ1) is 8.13. The summed E-state index contributed by atoms with van der Waals surface area (Å²) in [6.07, 6.45) is 1.31. The fourth-order valence-electron chi connectivity index (χ4n) is 1.03. The van der Waals surface area contributed by atoms with Crippen molar-refractivity contribution in [3.8, 4) is 0 Å². The molecule has 4 N–H and O–H groups in total. The van der Waals surface area contributed by atoms with Crippen molar-refractivity contribution in [2.24, 2.45) is 0 Å². The van der Waals surface area contributed by atoms with Crippen molar-refractivity contribution in [1.82, 2.24) is 25.8 Å². The predicted molar refractivity (Wildman–Crippen MR) is 55.1 cm³/mol. The summed E-state index contributed by atoms with van der Waals surface area (Å²) in [6, 6.07) is -1.71. The molecule has 0 aliphatic carbocycles. The van der Waals surface area contributed by atoms with E-state index in [1.165, 1.54) is 13.4 Å². The Hall–Kier alpha value is -2.16. The number of amides is 2. The second-order valence-corrected chi connectivity index (χ2v) is 3.11. The van der Waals surface area contributed by atoms with E-state index < -0.39 is 18.0 Å². The summed E-state index contributed by atoms with van der Waals surface area (Å²) in [5.41, 5.74) is 0. The van der Waals surface area contributed by atoms with Gasteiger partial charge in [0, 0.05) is 7.11 Å². The van der Waals surface area contributed by atoms with Gasteiger partial charge < -0.3 is 20.5 Å². The zero-order valence-corrected chi connectivity index (χ0v) is 9.14. The summed E-state index contributed by atoms with van der Waals surface area (Å²) in [5, 5.41) is 19.6. The van der Waals surface area contributed by atoms with Gasteiger partial charge in [0.2, 0.25) is 0 Å². The monoisotopic (exact) mass is 243 g/mol. The number of carbonyl (C=O) groups is 2. The molecule has 0 aliphatic rings. The van der Waals surface area contributed by atoms with Gasteiger partial charge in [0.05, 0.1) is 13.2 Å². The van der Waals surface area contributed by atoms with Gasteiger partial charge in [-0.2, -0.15) is 5.10 Å². The van der Waals surface area contributed by atoms with Gasteiger partial charge in [-0.3, -0.25) is 5.10 Å². The minimum atomic E-state index is -1.17. The number of aromatic nitrogens is 3. The van der Waals surface area contributed by atoms with Crippen LogP contribution in [-0.2, 0) is 16.1 Å². The second kappa shape index (κ2) is 6.43. The number of nitrogens with zero attached hydrogens (tertiary/aromatic N) is 2. The van der Waals surface area contributed by atoms with Gasteiger partial charge in [-0.05, 0) is 0 Å². The van der Waals surface area contributed by atoms with Crippen molar-refractivity contribution >= 4 is 12.0 Å². The fraction of sp³-hybridized carbons (Fsp3) is 0.500. The molecule has 9 heteroatoms. The molecule has 1 rings (SSSR count). The number of carbonyl (C=O) groups excluding carboxylic acids is 1. The molecule has 1 unspecified atom stereocenters.